The summed E-state index contributed by atoms with van der Waals surface area (Å²) >= 11 is 0. The third-order valence-electron chi connectivity index (χ3n) is 3.69. The number of nitrogens with one attached hydrogen (secondary N) is 2. The van der Waals surface area contributed by atoms with E-state index in [9.17, 15) is 4.79 Å². The highest BCUT2D eigenvalue weighted by atomic mass is 16.5. The van der Waals surface area contributed by atoms with Crippen molar-refractivity contribution in [2.24, 2.45) is 0 Å². The van der Waals surface area contributed by atoms with Crippen LogP contribution in [0.5, 0.6) is 0 Å². The minimum atomic E-state index is -0.132. The molecule has 1 rings (SSSR count). The third kappa shape index (κ3) is 4.94. The van der Waals surface area contributed by atoms with Crippen molar-refractivity contribution < 1.29 is 9.53 Å². The van der Waals surface area contributed by atoms with Gasteiger partial charge in [0.25, 0.3) is 0 Å². The molecule has 0 heterocycles. The maximum atomic E-state index is 11.9. The number of amides is 1. The molecule has 0 aromatic carbocycles. The molecule has 0 bridgehead atoms. The molecule has 0 aliphatic heterocycles. The first-order valence-electron chi connectivity index (χ1n) is 7.25. The van der Waals surface area contributed by atoms with Crippen molar-refractivity contribution >= 4 is 5.91 Å². The van der Waals surface area contributed by atoms with Gasteiger partial charge in [-0.05, 0) is 32.6 Å². The molecule has 106 valence electrons. The molecule has 1 saturated carbocycles. The van der Waals surface area contributed by atoms with Crippen LogP contribution in [0.15, 0.2) is 0 Å². The van der Waals surface area contributed by atoms with Crippen LogP contribution in [-0.4, -0.2) is 37.7 Å². The van der Waals surface area contributed by atoms with E-state index in [-0.39, 0.29) is 18.1 Å². The zero-order valence-electron chi connectivity index (χ0n) is 12.0. The van der Waals surface area contributed by atoms with E-state index in [0.29, 0.717) is 6.04 Å². The lowest BCUT2D eigenvalue weighted by Gasteiger charge is -2.23. The first kappa shape index (κ1) is 15.4. The summed E-state index contributed by atoms with van der Waals surface area (Å²) in [6.07, 6.45) is 7.07. The summed E-state index contributed by atoms with van der Waals surface area (Å²) in [5.41, 5.74) is 0. The molecule has 4 heteroatoms. The van der Waals surface area contributed by atoms with Gasteiger partial charge in [-0.25, -0.2) is 0 Å². The van der Waals surface area contributed by atoms with E-state index in [4.69, 9.17) is 4.74 Å². The quantitative estimate of drug-likeness (QED) is 0.652. The van der Waals surface area contributed by atoms with E-state index < -0.39 is 0 Å². The van der Waals surface area contributed by atoms with Crippen molar-refractivity contribution in [3.8, 4) is 0 Å². The molecule has 1 amide bonds. The summed E-state index contributed by atoms with van der Waals surface area (Å²) in [5.74, 6) is 0.104. The Labute approximate surface area is 111 Å². The summed E-state index contributed by atoms with van der Waals surface area (Å²) < 4.78 is 5.42. The number of methoxy groups -OCH3 is 1. The first-order valence-corrected chi connectivity index (χ1v) is 7.25. The fourth-order valence-electron chi connectivity index (χ4n) is 2.54. The predicted molar refractivity (Wildman–Crippen MR) is 73.6 cm³/mol. The van der Waals surface area contributed by atoms with Crippen molar-refractivity contribution in [1.82, 2.24) is 10.6 Å². The fourth-order valence-corrected chi connectivity index (χ4v) is 2.54. The average Bonchev–Trinajstić information content (AvgIpc) is 2.81. The lowest BCUT2D eigenvalue weighted by atomic mass is 10.1. The van der Waals surface area contributed by atoms with Gasteiger partial charge in [-0.1, -0.05) is 19.8 Å². The molecule has 1 aliphatic rings. The van der Waals surface area contributed by atoms with Gasteiger partial charge in [-0.15, -0.1) is 0 Å². The number of hydrogen-bond donors (Lipinski definition) is 2. The smallest absolute Gasteiger partial charge is 0.236 e. The van der Waals surface area contributed by atoms with Crippen LogP contribution in [0, 0.1) is 0 Å². The van der Waals surface area contributed by atoms with Gasteiger partial charge < -0.3 is 15.4 Å². The Hall–Kier alpha value is -0.610. The van der Waals surface area contributed by atoms with E-state index in [1.807, 2.05) is 6.92 Å². The Morgan fingerprint density at radius 2 is 2.17 bits per heavy atom. The van der Waals surface area contributed by atoms with Crippen molar-refractivity contribution in [2.45, 2.75) is 70.6 Å². The van der Waals surface area contributed by atoms with Crippen LogP contribution in [0.1, 0.15) is 52.4 Å². The predicted octanol–water partition coefficient (Wildman–Crippen LogP) is 1.84. The molecule has 1 fully saturated rings. The Bertz CT molecular complexity index is 246. The zero-order chi connectivity index (χ0) is 13.4. The average molecular weight is 256 g/mol. The standard InChI is InChI=1S/C14H28N2O2/c1-4-5-6-10-15-14(17)11(2)16-12-8-7-9-13(12)18-3/h11-13,16H,4-10H2,1-3H3,(H,15,17). The largest absolute Gasteiger partial charge is 0.380 e. The summed E-state index contributed by atoms with van der Waals surface area (Å²) in [5, 5.41) is 6.37. The molecular weight excluding hydrogens is 228 g/mol. The highest BCUT2D eigenvalue weighted by Crippen LogP contribution is 2.21. The van der Waals surface area contributed by atoms with Crippen LogP contribution in [0.3, 0.4) is 0 Å². The molecule has 2 N–H and O–H groups in total. The summed E-state index contributed by atoms with van der Waals surface area (Å²) in [6, 6.07) is 0.193. The van der Waals surface area contributed by atoms with Gasteiger partial charge in [0.1, 0.15) is 0 Å². The van der Waals surface area contributed by atoms with Crippen LogP contribution < -0.4 is 10.6 Å². The third-order valence-corrected chi connectivity index (χ3v) is 3.69. The lowest BCUT2D eigenvalue weighted by molar-refractivity contribution is -0.123. The Morgan fingerprint density at radius 1 is 1.39 bits per heavy atom. The molecule has 0 aromatic heterocycles. The van der Waals surface area contributed by atoms with Crippen molar-refractivity contribution in [2.75, 3.05) is 13.7 Å². The number of carbonyl (C=O) groups is 1. The molecule has 0 radical (unpaired) electrons. The SMILES string of the molecule is CCCCCNC(=O)C(C)NC1CCCC1OC. The van der Waals surface area contributed by atoms with E-state index in [2.05, 4.69) is 17.6 Å². The lowest BCUT2D eigenvalue weighted by Crippen LogP contribution is -2.49. The van der Waals surface area contributed by atoms with Crippen LogP contribution in [0.4, 0.5) is 0 Å². The van der Waals surface area contributed by atoms with Crippen molar-refractivity contribution in [1.29, 1.82) is 0 Å². The second kappa shape index (κ2) is 8.48. The van der Waals surface area contributed by atoms with Gasteiger partial charge in [-0.2, -0.15) is 0 Å². The van der Waals surface area contributed by atoms with Crippen LogP contribution in [-0.2, 0) is 9.53 Å². The minimum Gasteiger partial charge on any atom is -0.380 e. The maximum absolute atomic E-state index is 11.9. The van der Waals surface area contributed by atoms with Gasteiger partial charge in [-0.3, -0.25) is 4.79 Å². The maximum Gasteiger partial charge on any atom is 0.236 e. The normalized spacial score (nSPS) is 25.1. The van der Waals surface area contributed by atoms with Gasteiger partial charge in [0.2, 0.25) is 5.91 Å². The molecule has 0 saturated heterocycles. The number of carbonyl (C=O) groups excluding carboxylic acids is 1. The van der Waals surface area contributed by atoms with Gasteiger partial charge in [0.05, 0.1) is 12.1 Å². The van der Waals surface area contributed by atoms with Crippen LogP contribution in [0.25, 0.3) is 0 Å². The molecule has 0 spiro atoms. The van der Waals surface area contributed by atoms with E-state index in [0.717, 1.165) is 25.8 Å². The van der Waals surface area contributed by atoms with Gasteiger partial charge in [0.15, 0.2) is 0 Å². The second-order valence-electron chi connectivity index (χ2n) is 5.20. The Balaban J connectivity index is 2.22. The number of ether oxygens (including phenoxy) is 1. The zero-order valence-corrected chi connectivity index (χ0v) is 12.0. The number of rotatable bonds is 8. The van der Waals surface area contributed by atoms with E-state index in [1.165, 1.54) is 19.3 Å². The number of unbranched alkanes of at least 4 members (excludes halogenated alkanes) is 2. The monoisotopic (exact) mass is 256 g/mol. The fraction of sp³-hybridized carbons (Fsp3) is 0.929. The Kier molecular flexibility index (Phi) is 7.28. The summed E-state index contributed by atoms with van der Waals surface area (Å²) in [7, 11) is 1.75. The molecule has 18 heavy (non-hydrogen) atoms. The topological polar surface area (TPSA) is 50.4 Å². The second-order valence-corrected chi connectivity index (χ2v) is 5.20. The van der Waals surface area contributed by atoms with Crippen molar-refractivity contribution in [3.05, 3.63) is 0 Å². The molecule has 3 unspecified atom stereocenters. The molecule has 3 atom stereocenters. The van der Waals surface area contributed by atoms with Crippen LogP contribution >= 0.6 is 0 Å². The van der Waals surface area contributed by atoms with Gasteiger partial charge in [0, 0.05) is 19.7 Å². The van der Waals surface area contributed by atoms with E-state index in [1.54, 1.807) is 7.11 Å². The molecule has 1 aliphatic carbocycles. The molecular formula is C14H28N2O2. The highest BCUT2D eigenvalue weighted by Gasteiger charge is 2.29. The summed E-state index contributed by atoms with van der Waals surface area (Å²) in [4.78, 5) is 11.9. The number of hydrogen-bond acceptors (Lipinski definition) is 3. The Morgan fingerprint density at radius 3 is 2.83 bits per heavy atom. The van der Waals surface area contributed by atoms with E-state index >= 15 is 0 Å². The van der Waals surface area contributed by atoms with Gasteiger partial charge >= 0.3 is 0 Å². The first-order chi connectivity index (χ1) is 8.69. The minimum absolute atomic E-state index is 0.104. The summed E-state index contributed by atoms with van der Waals surface area (Å²) in [6.45, 7) is 4.88. The van der Waals surface area contributed by atoms with Crippen LogP contribution in [0.2, 0.25) is 0 Å². The van der Waals surface area contributed by atoms with Crippen molar-refractivity contribution in [3.63, 3.8) is 0 Å². The highest BCUT2D eigenvalue weighted by molar-refractivity contribution is 5.81. The molecule has 0 aromatic rings. The molecule has 4 nitrogen and oxygen atoms in total.